The number of anilines is 1. The Morgan fingerprint density at radius 3 is 2.72 bits per heavy atom. The number of rotatable bonds is 5. The maximum absolute atomic E-state index is 11.7. The number of amides is 1. The van der Waals surface area contributed by atoms with Gasteiger partial charge in [0.1, 0.15) is 11.4 Å². The lowest BCUT2D eigenvalue weighted by Crippen LogP contribution is -2.10. The number of nitrogens with one attached hydrogen (secondary N) is 1. The molecule has 0 fully saturated rings. The van der Waals surface area contributed by atoms with Crippen LogP contribution in [0.1, 0.15) is 12.6 Å². The molecular formula is C18H16ClN5O5. The van der Waals surface area contributed by atoms with Gasteiger partial charge in [0.25, 0.3) is 0 Å². The Kier molecular flexibility index (Phi) is 5.37. The molecule has 0 aliphatic carbocycles. The summed E-state index contributed by atoms with van der Waals surface area (Å²) >= 11 is 6.21. The maximum atomic E-state index is 11.7. The van der Waals surface area contributed by atoms with Crippen LogP contribution in [-0.2, 0) is 4.79 Å². The molecule has 1 aromatic carbocycles. The number of halogens is 1. The van der Waals surface area contributed by atoms with Gasteiger partial charge >= 0.3 is 5.69 Å². The number of pyridine rings is 1. The minimum absolute atomic E-state index is 0.0161. The van der Waals surface area contributed by atoms with Crippen molar-refractivity contribution in [2.45, 2.75) is 13.8 Å². The van der Waals surface area contributed by atoms with Crippen LogP contribution in [0.15, 0.2) is 30.6 Å². The lowest BCUT2D eigenvalue weighted by atomic mass is 10.1. The second-order valence-corrected chi connectivity index (χ2v) is 6.43. The fraction of sp³-hybridized carbons (Fsp3) is 0.167. The van der Waals surface area contributed by atoms with Gasteiger partial charge in [0, 0.05) is 24.9 Å². The molecule has 0 aliphatic rings. The molecule has 0 saturated carbocycles. The second kappa shape index (κ2) is 7.76. The first-order valence-corrected chi connectivity index (χ1v) is 8.65. The summed E-state index contributed by atoms with van der Waals surface area (Å²) in [6.45, 7) is 2.87. The number of nitro benzene ring substituents is 1. The lowest BCUT2D eigenvalue weighted by Gasteiger charge is -2.14. The van der Waals surface area contributed by atoms with Gasteiger partial charge in [0.2, 0.25) is 11.7 Å². The zero-order valence-corrected chi connectivity index (χ0v) is 16.4. The molecule has 0 saturated heterocycles. The minimum Gasteiger partial charge on any atom is -0.490 e. The van der Waals surface area contributed by atoms with E-state index < -0.39 is 16.5 Å². The van der Waals surface area contributed by atoms with Crippen molar-refractivity contribution in [1.29, 1.82) is 0 Å². The highest BCUT2D eigenvalue weighted by atomic mass is 35.5. The molecule has 2 aromatic heterocycles. The van der Waals surface area contributed by atoms with Crippen molar-refractivity contribution >= 4 is 28.9 Å². The van der Waals surface area contributed by atoms with Crippen molar-refractivity contribution in [2.24, 2.45) is 0 Å². The van der Waals surface area contributed by atoms with Crippen LogP contribution < -0.4 is 10.1 Å². The molecule has 0 unspecified atom stereocenters. The highest BCUT2D eigenvalue weighted by Gasteiger charge is 2.31. The lowest BCUT2D eigenvalue weighted by molar-refractivity contribution is -0.384. The van der Waals surface area contributed by atoms with Gasteiger partial charge in [0.05, 0.1) is 28.3 Å². The number of imidazole rings is 1. The fourth-order valence-electron chi connectivity index (χ4n) is 2.99. The van der Waals surface area contributed by atoms with E-state index in [-0.39, 0.29) is 27.8 Å². The van der Waals surface area contributed by atoms with Gasteiger partial charge in [-0.2, -0.15) is 4.73 Å². The van der Waals surface area contributed by atoms with E-state index in [2.05, 4.69) is 15.3 Å². The number of hydrogen-bond donors (Lipinski definition) is 2. The number of ether oxygens (including phenoxy) is 1. The largest absolute Gasteiger partial charge is 0.490 e. The highest BCUT2D eigenvalue weighted by Crippen LogP contribution is 2.47. The fourth-order valence-corrected chi connectivity index (χ4v) is 3.23. The predicted molar refractivity (Wildman–Crippen MR) is 105 cm³/mol. The molecule has 3 aromatic rings. The Bertz CT molecular complexity index is 1110. The van der Waals surface area contributed by atoms with Crippen LogP contribution in [0, 0.1) is 17.0 Å². The van der Waals surface area contributed by atoms with Crippen LogP contribution in [0.25, 0.3) is 22.6 Å². The van der Waals surface area contributed by atoms with Crippen LogP contribution in [0.2, 0.25) is 5.02 Å². The number of carbonyl (C=O) groups excluding carboxylic acids is 1. The van der Waals surface area contributed by atoms with Crippen molar-refractivity contribution in [3.05, 3.63) is 51.4 Å². The molecule has 3 rings (SSSR count). The third-order valence-corrected chi connectivity index (χ3v) is 4.40. The van der Waals surface area contributed by atoms with Gasteiger partial charge in [-0.15, -0.1) is 0 Å². The summed E-state index contributed by atoms with van der Waals surface area (Å²) in [5.41, 5.74) is 0.751. The number of nitro groups is 1. The predicted octanol–water partition coefficient (Wildman–Crippen LogP) is 3.69. The van der Waals surface area contributed by atoms with Crippen LogP contribution in [0.4, 0.5) is 11.4 Å². The number of aryl methyl sites for hydroxylation is 1. The van der Waals surface area contributed by atoms with E-state index in [1.165, 1.54) is 20.1 Å². The molecule has 0 spiro atoms. The maximum Gasteiger partial charge on any atom is 0.336 e. The molecule has 0 radical (unpaired) electrons. The molecular weight excluding hydrogens is 402 g/mol. The van der Waals surface area contributed by atoms with Gasteiger partial charge in [-0.1, -0.05) is 11.6 Å². The topological polar surface area (TPSA) is 132 Å². The summed E-state index contributed by atoms with van der Waals surface area (Å²) in [6, 6.07) is 4.77. The van der Waals surface area contributed by atoms with Gasteiger partial charge < -0.3 is 15.3 Å². The van der Waals surface area contributed by atoms with Crippen molar-refractivity contribution in [2.75, 3.05) is 12.4 Å². The summed E-state index contributed by atoms with van der Waals surface area (Å²) < 4.78 is 6.04. The minimum atomic E-state index is -0.723. The van der Waals surface area contributed by atoms with Crippen LogP contribution >= 0.6 is 11.6 Å². The normalized spacial score (nSPS) is 10.6. The van der Waals surface area contributed by atoms with Gasteiger partial charge in [0.15, 0.2) is 5.82 Å². The van der Waals surface area contributed by atoms with Gasteiger partial charge in [-0.25, -0.2) is 4.98 Å². The second-order valence-electron chi connectivity index (χ2n) is 6.02. The Morgan fingerprint density at radius 2 is 2.17 bits per heavy atom. The summed E-state index contributed by atoms with van der Waals surface area (Å²) in [5.74, 6) is -0.762. The van der Waals surface area contributed by atoms with E-state index in [0.29, 0.717) is 17.0 Å². The molecule has 0 bridgehead atoms. The van der Waals surface area contributed by atoms with Crippen molar-refractivity contribution in [3.8, 4) is 28.4 Å². The zero-order chi connectivity index (χ0) is 21.3. The van der Waals surface area contributed by atoms with Gasteiger partial charge in [-0.3, -0.25) is 19.9 Å². The number of nitrogens with zero attached hydrogens (tertiary/aromatic N) is 4. The molecule has 150 valence electrons. The molecule has 0 aliphatic heterocycles. The van der Waals surface area contributed by atoms with E-state index in [1.54, 1.807) is 31.5 Å². The quantitative estimate of drug-likeness (QED) is 0.367. The first kappa shape index (κ1) is 20.1. The Balaban J connectivity index is 2.30. The van der Waals surface area contributed by atoms with Crippen LogP contribution in [0.3, 0.4) is 0 Å². The number of benzene rings is 1. The zero-order valence-electron chi connectivity index (χ0n) is 15.6. The number of methoxy groups -OCH3 is 1. The molecule has 1 amide bonds. The molecule has 2 heterocycles. The van der Waals surface area contributed by atoms with E-state index in [9.17, 15) is 20.1 Å². The highest BCUT2D eigenvalue weighted by molar-refractivity contribution is 6.35. The van der Waals surface area contributed by atoms with Gasteiger partial charge in [-0.05, 0) is 25.1 Å². The van der Waals surface area contributed by atoms with E-state index in [4.69, 9.17) is 16.3 Å². The Labute approximate surface area is 169 Å². The monoisotopic (exact) mass is 417 g/mol. The number of aromatic nitrogens is 3. The summed E-state index contributed by atoms with van der Waals surface area (Å²) in [7, 11) is 1.23. The summed E-state index contributed by atoms with van der Waals surface area (Å²) in [5, 5.41) is 24.7. The molecule has 29 heavy (non-hydrogen) atoms. The van der Waals surface area contributed by atoms with Crippen molar-refractivity contribution in [3.63, 3.8) is 0 Å². The first-order valence-electron chi connectivity index (χ1n) is 8.28. The first-order chi connectivity index (χ1) is 13.8. The molecule has 11 heteroatoms. The molecule has 10 nitrogen and oxygen atoms in total. The third kappa shape index (κ3) is 3.57. The SMILES string of the molecule is COc1c(-c2nc(C)c(-c3cccnc3)n2O)cc(Cl)c(NC(C)=O)c1[N+](=O)[O-]. The molecule has 2 N–H and O–H groups in total. The Hall–Kier alpha value is -3.66. The molecule has 0 atom stereocenters. The summed E-state index contributed by atoms with van der Waals surface area (Å²) in [4.78, 5) is 30.8. The van der Waals surface area contributed by atoms with E-state index in [0.717, 1.165) is 4.73 Å². The smallest absolute Gasteiger partial charge is 0.336 e. The standard InChI is InChI=1S/C18H16ClN5O5/c1-9-15(11-5-4-6-20-8-11)23(26)18(21-9)12-7-13(19)14(22-10(2)25)16(24(27)28)17(12)29-3/h4-8,26H,1-3H3,(H,22,25). The van der Waals surface area contributed by atoms with Crippen LogP contribution in [-0.4, -0.2) is 37.8 Å². The average molecular weight is 418 g/mol. The van der Waals surface area contributed by atoms with Crippen molar-refractivity contribution < 1.29 is 19.7 Å². The summed E-state index contributed by atoms with van der Waals surface area (Å²) in [6.07, 6.45) is 3.14. The average Bonchev–Trinajstić information content (AvgIpc) is 2.96. The Morgan fingerprint density at radius 1 is 1.45 bits per heavy atom. The number of carbonyl (C=O) groups is 1. The number of hydrogen-bond acceptors (Lipinski definition) is 7. The third-order valence-electron chi connectivity index (χ3n) is 4.10. The van der Waals surface area contributed by atoms with Crippen LogP contribution in [0.5, 0.6) is 5.75 Å². The van der Waals surface area contributed by atoms with E-state index >= 15 is 0 Å². The van der Waals surface area contributed by atoms with Crippen molar-refractivity contribution in [1.82, 2.24) is 14.7 Å². The van der Waals surface area contributed by atoms with E-state index in [1.807, 2.05) is 0 Å².